The molecule has 164 valence electrons. The normalized spacial score (nSPS) is 15.8. The van der Waals surface area contributed by atoms with Crippen LogP contribution in [-0.4, -0.2) is 34.4 Å². The van der Waals surface area contributed by atoms with E-state index in [1.54, 1.807) is 16.7 Å². The first-order valence-electron chi connectivity index (χ1n) is 10.5. The first-order chi connectivity index (χ1) is 15.4. The van der Waals surface area contributed by atoms with Gasteiger partial charge in [-0.2, -0.15) is 0 Å². The van der Waals surface area contributed by atoms with Crippen molar-refractivity contribution in [1.29, 1.82) is 0 Å². The molecule has 3 aromatic rings. The molecule has 0 bridgehead atoms. The van der Waals surface area contributed by atoms with E-state index in [1.807, 2.05) is 79.5 Å². The van der Waals surface area contributed by atoms with Crippen molar-refractivity contribution < 1.29 is 9.59 Å². The third kappa shape index (κ3) is 5.17. The van der Waals surface area contributed by atoms with Gasteiger partial charge in [-0.3, -0.25) is 9.59 Å². The molecule has 0 spiro atoms. The summed E-state index contributed by atoms with van der Waals surface area (Å²) < 4.78 is 0. The lowest BCUT2D eigenvalue weighted by molar-refractivity contribution is -0.128. The number of hydrogen-bond acceptors (Lipinski definition) is 3. The maximum absolute atomic E-state index is 12.9. The summed E-state index contributed by atoms with van der Waals surface area (Å²) in [4.78, 5) is 29.0. The summed E-state index contributed by atoms with van der Waals surface area (Å²) in [5, 5.41) is 0.618. The van der Waals surface area contributed by atoms with Crippen molar-refractivity contribution in [1.82, 2.24) is 9.80 Å². The second kappa shape index (κ2) is 9.80. The fourth-order valence-corrected chi connectivity index (χ4v) is 5.05. The molecule has 4 nitrogen and oxygen atoms in total. The summed E-state index contributed by atoms with van der Waals surface area (Å²) in [5.41, 5.74) is 5.00. The topological polar surface area (TPSA) is 40.6 Å². The van der Waals surface area contributed by atoms with Gasteiger partial charge in [0.25, 0.3) is 5.91 Å². The third-order valence-corrected chi connectivity index (χ3v) is 7.07. The van der Waals surface area contributed by atoms with Crippen LogP contribution in [0.2, 0.25) is 5.02 Å². The second-order valence-electron chi connectivity index (χ2n) is 8.08. The average Bonchev–Trinajstić information content (AvgIpc) is 3.16. The van der Waals surface area contributed by atoms with Gasteiger partial charge >= 0.3 is 0 Å². The van der Waals surface area contributed by atoms with Gasteiger partial charge in [-0.25, -0.2) is 0 Å². The number of carbonyl (C=O) groups is 2. The molecule has 1 heterocycles. The number of nitrogens with zero attached hydrogens (tertiary/aromatic N) is 2. The Balaban J connectivity index is 1.44. The Hall–Kier alpha value is -2.76. The molecular weight excluding hydrogens is 440 g/mol. The highest BCUT2D eigenvalue weighted by Crippen LogP contribution is 2.39. The highest BCUT2D eigenvalue weighted by molar-refractivity contribution is 8.00. The van der Waals surface area contributed by atoms with Crippen molar-refractivity contribution in [2.45, 2.75) is 25.4 Å². The average molecular weight is 465 g/mol. The van der Waals surface area contributed by atoms with E-state index in [4.69, 9.17) is 11.6 Å². The maximum Gasteiger partial charge on any atom is 0.253 e. The van der Waals surface area contributed by atoms with Crippen LogP contribution in [0.1, 0.15) is 38.0 Å². The van der Waals surface area contributed by atoms with Crippen LogP contribution in [0.5, 0.6) is 0 Å². The summed E-state index contributed by atoms with van der Waals surface area (Å²) >= 11 is 7.59. The van der Waals surface area contributed by atoms with E-state index in [9.17, 15) is 9.59 Å². The molecule has 0 aromatic heterocycles. The SMILES string of the molecule is Cc1ccc(CN(C)C(=O)c2ccc([C@@H]3SCC(=O)N3Cc3ccc(Cl)cc3)cc2)cc1. The van der Waals surface area contributed by atoms with Crippen molar-refractivity contribution >= 4 is 35.2 Å². The van der Waals surface area contributed by atoms with Crippen LogP contribution in [-0.2, 0) is 17.9 Å². The van der Waals surface area contributed by atoms with Crippen molar-refractivity contribution in [2.75, 3.05) is 12.8 Å². The maximum atomic E-state index is 12.9. The van der Waals surface area contributed by atoms with Gasteiger partial charge in [-0.15, -0.1) is 11.8 Å². The van der Waals surface area contributed by atoms with Crippen LogP contribution in [0.25, 0.3) is 0 Å². The Morgan fingerprint density at radius 2 is 1.62 bits per heavy atom. The summed E-state index contributed by atoms with van der Waals surface area (Å²) in [7, 11) is 1.81. The van der Waals surface area contributed by atoms with Crippen LogP contribution in [0, 0.1) is 6.92 Å². The highest BCUT2D eigenvalue weighted by atomic mass is 35.5. The molecule has 0 N–H and O–H groups in total. The molecular formula is C26H25ClN2O2S. The van der Waals surface area contributed by atoms with Crippen molar-refractivity contribution in [3.63, 3.8) is 0 Å². The minimum atomic E-state index is -0.0624. The predicted molar refractivity (Wildman–Crippen MR) is 131 cm³/mol. The van der Waals surface area contributed by atoms with Crippen molar-refractivity contribution in [3.8, 4) is 0 Å². The molecule has 3 aromatic carbocycles. The molecule has 4 rings (SSSR count). The zero-order valence-corrected chi connectivity index (χ0v) is 19.7. The third-order valence-electron chi connectivity index (χ3n) is 5.56. The molecule has 1 fully saturated rings. The van der Waals surface area contributed by atoms with E-state index < -0.39 is 0 Å². The van der Waals surface area contributed by atoms with Gasteiger partial charge in [0.2, 0.25) is 5.91 Å². The number of amides is 2. The Kier molecular flexibility index (Phi) is 6.87. The number of thioether (sulfide) groups is 1. The Labute approximate surface area is 198 Å². The van der Waals surface area contributed by atoms with Crippen molar-refractivity contribution in [2.24, 2.45) is 0 Å². The molecule has 1 aliphatic rings. The highest BCUT2D eigenvalue weighted by Gasteiger charge is 2.32. The molecule has 1 aliphatic heterocycles. The summed E-state index contributed by atoms with van der Waals surface area (Å²) in [6.07, 6.45) is 0. The van der Waals surface area contributed by atoms with Gasteiger partial charge in [-0.1, -0.05) is 65.7 Å². The number of aryl methyl sites for hydroxylation is 1. The minimum Gasteiger partial charge on any atom is -0.337 e. The van der Waals surface area contributed by atoms with E-state index >= 15 is 0 Å². The first-order valence-corrected chi connectivity index (χ1v) is 11.9. The van der Waals surface area contributed by atoms with E-state index in [2.05, 4.69) is 12.1 Å². The van der Waals surface area contributed by atoms with Crippen LogP contribution < -0.4 is 0 Å². The molecule has 6 heteroatoms. The van der Waals surface area contributed by atoms with Crippen LogP contribution in [0.3, 0.4) is 0 Å². The molecule has 0 radical (unpaired) electrons. The minimum absolute atomic E-state index is 0.0229. The fourth-order valence-electron chi connectivity index (χ4n) is 3.74. The summed E-state index contributed by atoms with van der Waals surface area (Å²) in [5.74, 6) is 0.552. The quantitative estimate of drug-likeness (QED) is 0.470. The van der Waals surface area contributed by atoms with Gasteiger partial charge in [-0.05, 0) is 47.9 Å². The Morgan fingerprint density at radius 1 is 1.00 bits per heavy atom. The predicted octanol–water partition coefficient (Wildman–Crippen LogP) is 5.69. The monoisotopic (exact) mass is 464 g/mol. The van der Waals surface area contributed by atoms with Gasteiger partial charge in [0, 0.05) is 30.7 Å². The first kappa shape index (κ1) is 22.4. The second-order valence-corrected chi connectivity index (χ2v) is 9.59. The summed E-state index contributed by atoms with van der Waals surface area (Å²) in [6, 6.07) is 23.4. The number of carbonyl (C=O) groups excluding carboxylic acids is 2. The smallest absolute Gasteiger partial charge is 0.253 e. The Bertz CT molecular complexity index is 1100. The van der Waals surface area contributed by atoms with Gasteiger partial charge in [0.05, 0.1) is 5.75 Å². The fraction of sp³-hybridized carbons (Fsp3) is 0.231. The van der Waals surface area contributed by atoms with Gasteiger partial charge < -0.3 is 9.80 Å². The lowest BCUT2D eigenvalue weighted by Crippen LogP contribution is -2.28. The zero-order chi connectivity index (χ0) is 22.7. The van der Waals surface area contributed by atoms with Crippen LogP contribution in [0.4, 0.5) is 0 Å². The van der Waals surface area contributed by atoms with Crippen LogP contribution in [0.15, 0.2) is 72.8 Å². The molecule has 1 atom stereocenters. The van der Waals surface area contributed by atoms with Crippen LogP contribution >= 0.6 is 23.4 Å². The zero-order valence-electron chi connectivity index (χ0n) is 18.1. The molecule has 0 unspecified atom stereocenters. The van der Waals surface area contributed by atoms with Gasteiger partial charge in [0.15, 0.2) is 0 Å². The largest absolute Gasteiger partial charge is 0.337 e. The molecule has 0 aliphatic carbocycles. The number of halogens is 1. The van der Waals surface area contributed by atoms with E-state index in [0.717, 1.165) is 16.7 Å². The van der Waals surface area contributed by atoms with Crippen molar-refractivity contribution in [3.05, 3.63) is 106 Å². The van der Waals surface area contributed by atoms with E-state index in [0.29, 0.717) is 29.4 Å². The Morgan fingerprint density at radius 3 is 2.28 bits per heavy atom. The van der Waals surface area contributed by atoms with E-state index in [-0.39, 0.29) is 17.2 Å². The molecule has 1 saturated heterocycles. The number of hydrogen-bond donors (Lipinski definition) is 0. The molecule has 2 amide bonds. The molecule has 32 heavy (non-hydrogen) atoms. The summed E-state index contributed by atoms with van der Waals surface area (Å²) in [6.45, 7) is 3.14. The van der Waals surface area contributed by atoms with Gasteiger partial charge in [0.1, 0.15) is 5.37 Å². The lowest BCUT2D eigenvalue weighted by Gasteiger charge is -2.25. The number of benzene rings is 3. The lowest BCUT2D eigenvalue weighted by atomic mass is 10.1. The number of rotatable bonds is 6. The standard InChI is InChI=1S/C26H25ClN2O2S/c1-18-3-5-19(6-4-18)15-28(2)25(31)21-9-11-22(12-10-21)26-29(24(30)17-32-26)16-20-7-13-23(27)14-8-20/h3-14,26H,15-17H2,1-2H3/t26-/m0/s1. The molecule has 0 saturated carbocycles. The van der Waals surface area contributed by atoms with E-state index in [1.165, 1.54) is 5.56 Å².